The van der Waals surface area contributed by atoms with Gasteiger partial charge in [-0.3, -0.25) is 4.57 Å². The molecule has 1 rings (SSSR count). The lowest BCUT2D eigenvalue weighted by Crippen LogP contribution is -2.26. The van der Waals surface area contributed by atoms with E-state index in [0.717, 1.165) is 0 Å². The molecule has 0 unspecified atom stereocenters. The smallest absolute Gasteiger partial charge is 0.304 e. The molecular weight excluding hydrogens is 500 g/mol. The maximum atomic E-state index is 12.1. The van der Waals surface area contributed by atoms with Gasteiger partial charge in [-0.1, -0.05) is 54.1 Å². The van der Waals surface area contributed by atoms with Gasteiger partial charge in [-0.2, -0.15) is 0 Å². The molecule has 0 saturated carbocycles. The van der Waals surface area contributed by atoms with E-state index in [0.29, 0.717) is 5.75 Å². The van der Waals surface area contributed by atoms with Crippen molar-refractivity contribution in [1.82, 2.24) is 4.72 Å². The van der Waals surface area contributed by atoms with E-state index < -0.39 is 21.5 Å². The van der Waals surface area contributed by atoms with Gasteiger partial charge in [-0.05, 0) is 51.6 Å². The van der Waals surface area contributed by atoms with Crippen LogP contribution in [0.1, 0.15) is 27.7 Å². The first kappa shape index (κ1) is 28.9. The van der Waals surface area contributed by atoms with Crippen LogP contribution < -0.4 is 4.72 Å². The van der Waals surface area contributed by atoms with Crippen LogP contribution in [0.3, 0.4) is 0 Å². The van der Waals surface area contributed by atoms with E-state index in [1.54, 1.807) is 30.3 Å². The van der Waals surface area contributed by atoms with E-state index in [9.17, 15) is 13.0 Å². The monoisotopic (exact) mass is 527 g/mol. The van der Waals surface area contributed by atoms with Gasteiger partial charge in [0, 0.05) is 12.3 Å². The summed E-state index contributed by atoms with van der Waals surface area (Å²) in [6, 6.07) is 8.27. The summed E-state index contributed by atoms with van der Waals surface area (Å²) in [6.07, 6.45) is -0.0683. The Bertz CT molecular complexity index is 747. The molecule has 0 bridgehead atoms. The fraction of sp³-hybridized carbons (Fsp3) is 0.571. The molecule has 0 heterocycles. The maximum Gasteiger partial charge on any atom is 0.304 e. The van der Waals surface area contributed by atoms with Crippen LogP contribution >= 0.6 is 47.3 Å². The lowest BCUT2D eigenvalue weighted by Gasteiger charge is -2.25. The molecular formula is C14H27NO6P2S5. The third kappa shape index (κ3) is 15.7. The van der Waals surface area contributed by atoms with Crippen LogP contribution in [-0.2, 0) is 35.4 Å². The van der Waals surface area contributed by atoms with Gasteiger partial charge >= 0.3 is 5.77 Å². The molecule has 0 aliphatic carbocycles. The zero-order valence-electron chi connectivity index (χ0n) is 16.0. The minimum Gasteiger partial charge on any atom is -0.330 e. The van der Waals surface area contributed by atoms with Gasteiger partial charge in [-0.15, -0.1) is 0 Å². The summed E-state index contributed by atoms with van der Waals surface area (Å²) >= 11 is 13.1. The fourth-order valence-corrected chi connectivity index (χ4v) is 8.47. The molecule has 0 spiro atoms. The average Bonchev–Trinajstić information content (AvgIpc) is 2.49. The van der Waals surface area contributed by atoms with Gasteiger partial charge < -0.3 is 13.9 Å². The number of hydrogen-bond acceptors (Lipinski definition) is 7. The first-order chi connectivity index (χ1) is 12.6. The van der Waals surface area contributed by atoms with Crippen LogP contribution in [0.2, 0.25) is 0 Å². The molecule has 2 N–H and O–H groups in total. The molecule has 0 aliphatic heterocycles. The summed E-state index contributed by atoms with van der Waals surface area (Å²) in [5.74, 6) is -2.76. The quantitative estimate of drug-likeness (QED) is 0.197. The van der Waals surface area contributed by atoms with Gasteiger partial charge in [0.05, 0.1) is 17.1 Å². The zero-order valence-corrected chi connectivity index (χ0v) is 22.0. The highest BCUT2D eigenvalue weighted by Crippen LogP contribution is 2.62. The van der Waals surface area contributed by atoms with E-state index in [1.807, 2.05) is 27.7 Å². The van der Waals surface area contributed by atoms with Crippen molar-refractivity contribution in [3.63, 3.8) is 0 Å². The van der Waals surface area contributed by atoms with Crippen LogP contribution in [0.4, 0.5) is 0 Å². The topological polar surface area (TPSA) is 102 Å². The van der Waals surface area contributed by atoms with Gasteiger partial charge in [-0.25, -0.2) is 13.1 Å². The molecule has 0 amide bonds. The van der Waals surface area contributed by atoms with E-state index in [1.165, 1.54) is 11.4 Å². The lowest BCUT2D eigenvalue weighted by atomic mass is 10.4. The van der Waals surface area contributed by atoms with E-state index in [-0.39, 0.29) is 23.6 Å². The largest absolute Gasteiger partial charge is 0.330 e. The minimum atomic E-state index is -3.49. The summed E-state index contributed by atoms with van der Waals surface area (Å²) in [4.78, 5) is 8.06. The number of thiol groups is 2. The standard InChI is InChI=1S/C14H24NO4PS3.H3O2PS2/c1-12(2)18-20(21,19-13(3)4)22-11-10-15-23(16,17)14-8-6-5-7-9-14;1-3(2,4)5/h5-9,12-13,15H,10-11H2,1-4H3;(H3,1,2,4,5). The number of nitrogens with one attached hydrogen (secondary N) is 1. The molecule has 28 heavy (non-hydrogen) atoms. The van der Waals surface area contributed by atoms with Crippen LogP contribution in [0.25, 0.3) is 0 Å². The molecule has 0 fully saturated rings. The Hall–Kier alpha value is 0.940. The molecule has 0 aromatic heterocycles. The van der Waals surface area contributed by atoms with Crippen molar-refractivity contribution < 1.29 is 26.9 Å². The summed E-state index contributed by atoms with van der Waals surface area (Å²) in [5.41, 5.74) is -2.47. The Balaban J connectivity index is 0.00000129. The highest BCUT2D eigenvalue weighted by molar-refractivity contribution is 8.78. The fourth-order valence-electron chi connectivity index (χ4n) is 1.62. The van der Waals surface area contributed by atoms with Crippen molar-refractivity contribution in [3.8, 4) is 0 Å². The summed E-state index contributed by atoms with van der Waals surface area (Å²) < 4.78 is 47.8. The second kappa shape index (κ2) is 13.4. The maximum absolute atomic E-state index is 12.1. The lowest BCUT2D eigenvalue weighted by molar-refractivity contribution is 0.186. The van der Waals surface area contributed by atoms with E-state index >= 15 is 0 Å². The SMILES string of the molecule is CC(C)OP(=S)(OC(C)C)SCCNS(=O)(=O)c1ccccc1.O=P(O)(S)S. The van der Waals surface area contributed by atoms with E-state index in [4.69, 9.17) is 25.7 Å². The van der Waals surface area contributed by atoms with Gasteiger partial charge in [0.2, 0.25) is 15.7 Å². The minimum absolute atomic E-state index is 0.0342. The van der Waals surface area contributed by atoms with Crippen molar-refractivity contribution in [2.24, 2.45) is 0 Å². The number of rotatable bonds is 10. The van der Waals surface area contributed by atoms with Gasteiger partial charge in [0.15, 0.2) is 0 Å². The molecule has 0 radical (unpaired) electrons. The summed E-state index contributed by atoms with van der Waals surface area (Å²) in [5, 5.41) is 0. The van der Waals surface area contributed by atoms with Crippen molar-refractivity contribution in [1.29, 1.82) is 0 Å². The van der Waals surface area contributed by atoms with Crippen molar-refractivity contribution >= 4 is 69.2 Å². The molecule has 0 aliphatic rings. The molecule has 14 heteroatoms. The van der Waals surface area contributed by atoms with Crippen molar-refractivity contribution in [3.05, 3.63) is 30.3 Å². The zero-order chi connectivity index (χ0) is 22.0. The van der Waals surface area contributed by atoms with E-state index in [2.05, 4.69) is 29.2 Å². The average molecular weight is 528 g/mol. The third-order valence-electron chi connectivity index (χ3n) is 2.38. The first-order valence-electron chi connectivity index (χ1n) is 8.09. The van der Waals surface area contributed by atoms with Crippen molar-refractivity contribution in [2.75, 3.05) is 12.3 Å². The van der Waals surface area contributed by atoms with Gasteiger partial charge in [0.1, 0.15) is 0 Å². The van der Waals surface area contributed by atoms with Crippen molar-refractivity contribution in [2.45, 2.75) is 44.8 Å². The van der Waals surface area contributed by atoms with Crippen LogP contribution in [-0.4, -0.2) is 37.8 Å². The highest BCUT2D eigenvalue weighted by atomic mass is 33.1. The predicted octanol–water partition coefficient (Wildman–Crippen LogP) is 4.72. The Kier molecular flexibility index (Phi) is 13.8. The number of benzene rings is 1. The van der Waals surface area contributed by atoms with Crippen LogP contribution in [0, 0.1) is 0 Å². The predicted molar refractivity (Wildman–Crippen MR) is 129 cm³/mol. The van der Waals surface area contributed by atoms with Gasteiger partial charge in [0.25, 0.3) is 0 Å². The Morgan fingerprint density at radius 1 is 1.14 bits per heavy atom. The molecule has 1 aromatic rings. The first-order valence-corrected chi connectivity index (χ1v) is 17.8. The molecule has 0 atom stereocenters. The number of sulfonamides is 1. The molecule has 164 valence electrons. The number of hydrogen-bond donors (Lipinski definition) is 4. The Labute approximate surface area is 187 Å². The third-order valence-corrected chi connectivity index (χ3v) is 9.39. The molecule has 0 saturated heterocycles. The summed E-state index contributed by atoms with van der Waals surface area (Å²) in [7, 11) is -3.49. The van der Waals surface area contributed by atoms with Crippen LogP contribution in [0.15, 0.2) is 35.2 Å². The summed E-state index contributed by atoms with van der Waals surface area (Å²) in [6.45, 7) is 7.89. The second-order valence-corrected chi connectivity index (χ2v) is 19.1. The molecule has 1 aromatic carbocycles. The molecule has 7 nitrogen and oxygen atoms in total. The second-order valence-electron chi connectivity index (χ2n) is 5.81. The Morgan fingerprint density at radius 2 is 1.57 bits per heavy atom. The Morgan fingerprint density at radius 3 is 1.96 bits per heavy atom. The normalized spacial score (nSPS) is 12.8. The van der Waals surface area contributed by atoms with Crippen LogP contribution in [0.5, 0.6) is 0 Å². The highest BCUT2D eigenvalue weighted by Gasteiger charge is 2.23.